The molecule has 18 heavy (non-hydrogen) atoms. The van der Waals surface area contributed by atoms with Crippen molar-refractivity contribution in [3.63, 3.8) is 0 Å². The molecule has 1 N–H and O–H groups in total. The topological polar surface area (TPSA) is 43.8 Å². The van der Waals surface area contributed by atoms with Gasteiger partial charge in [-0.15, -0.1) is 0 Å². The number of carbonyl (C=O) groups excluding carboxylic acids is 1. The van der Waals surface area contributed by atoms with Gasteiger partial charge in [-0.3, -0.25) is 4.79 Å². The minimum absolute atomic E-state index is 0.245. The van der Waals surface area contributed by atoms with Crippen molar-refractivity contribution in [3.05, 3.63) is 0 Å². The summed E-state index contributed by atoms with van der Waals surface area (Å²) in [5.41, 5.74) is 0. The molecule has 1 atom stereocenters. The van der Waals surface area contributed by atoms with Gasteiger partial charge in [-0.25, -0.2) is 0 Å². The Morgan fingerprint density at radius 1 is 1.22 bits per heavy atom. The van der Waals surface area contributed by atoms with Crippen LogP contribution in [0.15, 0.2) is 0 Å². The van der Waals surface area contributed by atoms with Gasteiger partial charge in [-0.1, -0.05) is 0 Å². The molecular weight excluding hydrogens is 228 g/mol. The van der Waals surface area contributed by atoms with E-state index in [1.54, 1.807) is 0 Å². The highest BCUT2D eigenvalue weighted by atomic mass is 16.3. The lowest BCUT2D eigenvalue weighted by Crippen LogP contribution is -2.45. The molecule has 0 spiro atoms. The Bertz CT molecular complexity index is 273. The van der Waals surface area contributed by atoms with Crippen LogP contribution in [-0.4, -0.2) is 60.6 Å². The van der Waals surface area contributed by atoms with E-state index in [0.717, 1.165) is 58.3 Å². The Morgan fingerprint density at radius 2 is 1.94 bits per heavy atom. The van der Waals surface area contributed by atoms with Crippen LogP contribution in [0.4, 0.5) is 0 Å². The highest BCUT2D eigenvalue weighted by molar-refractivity contribution is 5.79. The highest BCUT2D eigenvalue weighted by Crippen LogP contribution is 2.24. The van der Waals surface area contributed by atoms with Gasteiger partial charge >= 0.3 is 0 Å². The number of nitrogens with zero attached hydrogens (tertiary/aromatic N) is 2. The van der Waals surface area contributed by atoms with Crippen molar-refractivity contribution < 1.29 is 9.90 Å². The Hall–Kier alpha value is -0.610. The fourth-order valence-electron chi connectivity index (χ4n) is 3.20. The summed E-state index contributed by atoms with van der Waals surface area (Å²) in [6.45, 7) is 4.13. The first-order valence-corrected chi connectivity index (χ1v) is 7.29. The van der Waals surface area contributed by atoms with Gasteiger partial charge in [0.15, 0.2) is 0 Å². The van der Waals surface area contributed by atoms with Crippen LogP contribution in [0.1, 0.15) is 32.1 Å². The summed E-state index contributed by atoms with van der Waals surface area (Å²) in [5, 5.41) is 9.01. The van der Waals surface area contributed by atoms with Crippen LogP contribution in [0.3, 0.4) is 0 Å². The molecule has 4 heteroatoms. The molecule has 0 aromatic heterocycles. The number of hydrogen-bond donors (Lipinski definition) is 1. The Morgan fingerprint density at radius 3 is 2.61 bits per heavy atom. The van der Waals surface area contributed by atoms with Gasteiger partial charge in [0.25, 0.3) is 0 Å². The van der Waals surface area contributed by atoms with Crippen LogP contribution in [-0.2, 0) is 4.79 Å². The molecule has 0 aliphatic carbocycles. The minimum Gasteiger partial charge on any atom is -0.396 e. The van der Waals surface area contributed by atoms with E-state index < -0.39 is 0 Å². The van der Waals surface area contributed by atoms with Crippen LogP contribution in [0.2, 0.25) is 0 Å². The lowest BCUT2D eigenvalue weighted by atomic mass is 9.91. The third kappa shape index (κ3) is 3.45. The van der Waals surface area contributed by atoms with Crippen molar-refractivity contribution in [1.82, 2.24) is 9.80 Å². The number of rotatable bonds is 3. The Kier molecular flexibility index (Phi) is 5.01. The van der Waals surface area contributed by atoms with Gasteiger partial charge in [-0.05, 0) is 58.2 Å². The summed E-state index contributed by atoms with van der Waals surface area (Å²) >= 11 is 0. The number of likely N-dealkylation sites (tertiary alicyclic amines) is 2. The summed E-state index contributed by atoms with van der Waals surface area (Å²) in [6.07, 6.45) is 5.13. The Balaban J connectivity index is 1.84. The molecule has 0 radical (unpaired) electrons. The fraction of sp³-hybridized carbons (Fsp3) is 0.929. The maximum atomic E-state index is 12.5. The molecule has 1 unspecified atom stereocenters. The van der Waals surface area contributed by atoms with Gasteiger partial charge in [0.05, 0.1) is 0 Å². The molecule has 4 nitrogen and oxygen atoms in total. The molecule has 1 amide bonds. The second-order valence-electron chi connectivity index (χ2n) is 5.88. The molecule has 2 aliphatic heterocycles. The minimum atomic E-state index is 0.245. The van der Waals surface area contributed by atoms with Gasteiger partial charge in [0, 0.05) is 25.6 Å². The van der Waals surface area contributed by atoms with Crippen LogP contribution in [0.5, 0.6) is 0 Å². The maximum absolute atomic E-state index is 12.5. The molecule has 104 valence electrons. The van der Waals surface area contributed by atoms with Gasteiger partial charge in [0.1, 0.15) is 0 Å². The number of amides is 1. The summed E-state index contributed by atoms with van der Waals surface area (Å²) < 4.78 is 0. The molecule has 0 bridgehead atoms. The van der Waals surface area contributed by atoms with Gasteiger partial charge in [0.2, 0.25) is 5.91 Å². The van der Waals surface area contributed by atoms with E-state index in [0.29, 0.717) is 11.8 Å². The highest BCUT2D eigenvalue weighted by Gasteiger charge is 2.30. The fourth-order valence-corrected chi connectivity index (χ4v) is 3.20. The zero-order valence-corrected chi connectivity index (χ0v) is 11.5. The molecular formula is C14H26N2O2. The molecule has 2 saturated heterocycles. The molecule has 2 aliphatic rings. The van der Waals surface area contributed by atoms with Crippen LogP contribution >= 0.6 is 0 Å². The van der Waals surface area contributed by atoms with Crippen molar-refractivity contribution in [3.8, 4) is 0 Å². The Labute approximate surface area is 110 Å². The predicted molar refractivity (Wildman–Crippen MR) is 71.2 cm³/mol. The van der Waals surface area contributed by atoms with Crippen molar-refractivity contribution in [2.24, 2.45) is 11.8 Å². The summed E-state index contributed by atoms with van der Waals surface area (Å²) in [4.78, 5) is 16.8. The second-order valence-corrected chi connectivity index (χ2v) is 5.88. The van der Waals surface area contributed by atoms with E-state index >= 15 is 0 Å². The molecule has 2 rings (SSSR count). The first kappa shape index (κ1) is 13.8. The molecule has 0 aromatic carbocycles. The summed E-state index contributed by atoms with van der Waals surface area (Å²) in [7, 11) is 2.12. The first-order valence-electron chi connectivity index (χ1n) is 7.29. The number of aliphatic hydroxyl groups is 1. The quantitative estimate of drug-likeness (QED) is 0.815. The third-order valence-corrected chi connectivity index (χ3v) is 4.44. The third-order valence-electron chi connectivity index (χ3n) is 4.44. The maximum Gasteiger partial charge on any atom is 0.225 e. The average molecular weight is 254 g/mol. The van der Waals surface area contributed by atoms with Crippen LogP contribution in [0.25, 0.3) is 0 Å². The number of carbonyl (C=O) groups is 1. The number of piperidine rings is 2. The van der Waals surface area contributed by atoms with E-state index in [1.807, 2.05) is 0 Å². The molecule has 2 fully saturated rings. The molecule has 0 saturated carbocycles. The summed E-state index contributed by atoms with van der Waals surface area (Å²) in [5.74, 6) is 1.12. The van der Waals surface area contributed by atoms with E-state index in [9.17, 15) is 4.79 Å². The number of hydrogen-bond acceptors (Lipinski definition) is 3. The summed E-state index contributed by atoms with van der Waals surface area (Å²) in [6, 6.07) is 0. The van der Waals surface area contributed by atoms with Crippen LogP contribution < -0.4 is 0 Å². The van der Waals surface area contributed by atoms with E-state index in [1.165, 1.54) is 0 Å². The number of aliphatic hydroxyl groups excluding tert-OH is 1. The van der Waals surface area contributed by atoms with Crippen molar-refractivity contribution in [2.75, 3.05) is 39.8 Å². The SMILES string of the molecule is CN1CCC(C(=O)N2CCCC(CCO)C2)CC1. The molecule has 2 heterocycles. The second kappa shape index (κ2) is 6.53. The monoisotopic (exact) mass is 254 g/mol. The van der Waals surface area contributed by atoms with Crippen molar-refractivity contribution in [2.45, 2.75) is 32.1 Å². The average Bonchev–Trinajstić information content (AvgIpc) is 2.39. The van der Waals surface area contributed by atoms with Crippen LogP contribution in [0, 0.1) is 11.8 Å². The smallest absolute Gasteiger partial charge is 0.225 e. The standard InChI is InChI=1S/C14H26N2O2/c1-15-8-4-13(5-9-15)14(18)16-7-2-3-12(11-16)6-10-17/h12-13,17H,2-11H2,1H3. The zero-order valence-electron chi connectivity index (χ0n) is 11.5. The van der Waals surface area contributed by atoms with E-state index in [4.69, 9.17) is 5.11 Å². The van der Waals surface area contributed by atoms with Gasteiger partial charge in [-0.2, -0.15) is 0 Å². The first-order chi connectivity index (χ1) is 8.70. The van der Waals surface area contributed by atoms with E-state index in [2.05, 4.69) is 16.8 Å². The van der Waals surface area contributed by atoms with Gasteiger partial charge < -0.3 is 14.9 Å². The normalized spacial score (nSPS) is 27.4. The van der Waals surface area contributed by atoms with Crippen molar-refractivity contribution >= 4 is 5.91 Å². The lowest BCUT2D eigenvalue weighted by Gasteiger charge is -2.37. The largest absolute Gasteiger partial charge is 0.396 e. The van der Waals surface area contributed by atoms with E-state index in [-0.39, 0.29) is 12.5 Å². The molecule has 0 aromatic rings. The van der Waals surface area contributed by atoms with Crippen molar-refractivity contribution in [1.29, 1.82) is 0 Å². The lowest BCUT2D eigenvalue weighted by molar-refractivity contribution is -0.139. The predicted octanol–water partition coefficient (Wildman–Crippen LogP) is 0.949. The zero-order chi connectivity index (χ0) is 13.0.